The van der Waals surface area contributed by atoms with Gasteiger partial charge in [0.2, 0.25) is 0 Å². The van der Waals surface area contributed by atoms with Crippen LogP contribution in [0.3, 0.4) is 0 Å². The molecule has 6 nitrogen and oxygen atoms in total. The summed E-state index contributed by atoms with van der Waals surface area (Å²) in [6.45, 7) is 6.89. The number of ether oxygens (including phenoxy) is 1. The fourth-order valence-corrected chi connectivity index (χ4v) is 2.22. The summed E-state index contributed by atoms with van der Waals surface area (Å²) in [7, 11) is 0. The molecule has 0 unspecified atom stereocenters. The molecule has 1 aliphatic carbocycles. The average Bonchev–Trinajstić information content (AvgIpc) is 2.71. The number of hydrogen-bond donors (Lipinski definition) is 1. The van der Waals surface area contributed by atoms with Gasteiger partial charge in [-0.2, -0.15) is 4.98 Å². The smallest absolute Gasteiger partial charge is 0.408 e. The summed E-state index contributed by atoms with van der Waals surface area (Å²) >= 11 is 0. The Morgan fingerprint density at radius 3 is 2.48 bits per heavy atom. The number of amides is 1. The van der Waals surface area contributed by atoms with Crippen molar-refractivity contribution in [3.63, 3.8) is 0 Å². The number of aryl methyl sites for hydroxylation is 1. The van der Waals surface area contributed by atoms with Gasteiger partial charge in [-0.15, -0.1) is 0 Å². The molecule has 2 rings (SSSR count). The van der Waals surface area contributed by atoms with Crippen LogP contribution in [0.5, 0.6) is 0 Å². The summed E-state index contributed by atoms with van der Waals surface area (Å²) in [6.07, 6.45) is -1.42. The standard InChI is InChI=1S/C13H19F2N3O3/c1-5-8-16-9(21-18-8)12(6-13(14,15)7-12)17-10(19)20-11(2,3)4/h5-7H2,1-4H3,(H,17,19). The molecule has 1 aromatic heterocycles. The number of rotatable bonds is 3. The molecular formula is C13H19F2N3O3. The molecule has 21 heavy (non-hydrogen) atoms. The number of alkyl carbamates (subject to hydrolysis) is 1. The molecule has 0 aromatic carbocycles. The second-order valence-electron chi connectivity index (χ2n) is 6.29. The molecule has 1 heterocycles. The van der Waals surface area contributed by atoms with Crippen molar-refractivity contribution in [3.05, 3.63) is 11.7 Å². The highest BCUT2D eigenvalue weighted by Crippen LogP contribution is 2.51. The van der Waals surface area contributed by atoms with E-state index in [1.807, 2.05) is 6.92 Å². The molecule has 118 valence electrons. The first kappa shape index (κ1) is 15.7. The summed E-state index contributed by atoms with van der Waals surface area (Å²) in [5.74, 6) is -2.46. The lowest BCUT2D eigenvalue weighted by Gasteiger charge is -2.44. The zero-order valence-electron chi connectivity index (χ0n) is 12.5. The van der Waals surface area contributed by atoms with Crippen LogP contribution in [0.15, 0.2) is 4.52 Å². The SMILES string of the molecule is CCc1noc(C2(NC(=O)OC(C)(C)C)CC(F)(F)C2)n1. The number of alkyl halides is 2. The van der Waals surface area contributed by atoms with E-state index in [0.717, 1.165) is 0 Å². The van der Waals surface area contributed by atoms with E-state index in [0.29, 0.717) is 12.2 Å². The Labute approximate surface area is 121 Å². The lowest BCUT2D eigenvalue weighted by atomic mass is 9.73. The maximum absolute atomic E-state index is 13.3. The number of hydrogen-bond acceptors (Lipinski definition) is 5. The van der Waals surface area contributed by atoms with Gasteiger partial charge in [-0.1, -0.05) is 12.1 Å². The first-order chi connectivity index (χ1) is 9.55. The van der Waals surface area contributed by atoms with Crippen molar-refractivity contribution in [1.82, 2.24) is 15.5 Å². The van der Waals surface area contributed by atoms with Crippen LogP contribution < -0.4 is 5.32 Å². The van der Waals surface area contributed by atoms with E-state index in [4.69, 9.17) is 9.26 Å². The second-order valence-corrected chi connectivity index (χ2v) is 6.29. The quantitative estimate of drug-likeness (QED) is 0.929. The van der Waals surface area contributed by atoms with Crippen LogP contribution in [0.1, 0.15) is 52.3 Å². The van der Waals surface area contributed by atoms with Gasteiger partial charge in [0.05, 0.1) is 0 Å². The number of nitrogens with one attached hydrogen (secondary N) is 1. The lowest BCUT2D eigenvalue weighted by molar-refractivity contribution is -0.144. The molecule has 1 N–H and O–H groups in total. The maximum Gasteiger partial charge on any atom is 0.408 e. The molecule has 1 saturated carbocycles. The van der Waals surface area contributed by atoms with E-state index < -0.39 is 36.0 Å². The monoisotopic (exact) mass is 303 g/mol. The number of carbonyl (C=O) groups is 1. The summed E-state index contributed by atoms with van der Waals surface area (Å²) in [5, 5.41) is 6.15. The minimum atomic E-state index is -2.87. The van der Waals surface area contributed by atoms with Gasteiger partial charge in [-0.25, -0.2) is 13.6 Å². The van der Waals surface area contributed by atoms with Gasteiger partial charge in [0, 0.05) is 19.3 Å². The predicted octanol–water partition coefficient (Wildman–Crippen LogP) is 2.78. The molecule has 0 saturated heterocycles. The highest BCUT2D eigenvalue weighted by Gasteiger charge is 2.62. The number of carbonyl (C=O) groups excluding carboxylic acids is 1. The van der Waals surface area contributed by atoms with E-state index in [2.05, 4.69) is 15.5 Å². The van der Waals surface area contributed by atoms with Gasteiger partial charge < -0.3 is 14.6 Å². The molecule has 1 fully saturated rings. The highest BCUT2D eigenvalue weighted by molar-refractivity contribution is 5.69. The molecule has 0 spiro atoms. The normalized spacial score (nSPS) is 19.7. The number of halogens is 2. The first-order valence-electron chi connectivity index (χ1n) is 6.77. The number of nitrogens with zero attached hydrogens (tertiary/aromatic N) is 2. The molecule has 0 radical (unpaired) electrons. The minimum Gasteiger partial charge on any atom is -0.444 e. The first-order valence-corrected chi connectivity index (χ1v) is 6.77. The zero-order chi connectivity index (χ0) is 15.9. The Morgan fingerprint density at radius 2 is 2.05 bits per heavy atom. The van der Waals surface area contributed by atoms with Gasteiger partial charge in [0.25, 0.3) is 11.8 Å². The third-order valence-corrected chi connectivity index (χ3v) is 3.05. The lowest BCUT2D eigenvalue weighted by Crippen LogP contribution is -2.60. The Kier molecular flexibility index (Phi) is 3.67. The van der Waals surface area contributed by atoms with Crippen molar-refractivity contribution in [2.24, 2.45) is 0 Å². The molecule has 8 heteroatoms. The predicted molar refractivity (Wildman–Crippen MR) is 68.9 cm³/mol. The topological polar surface area (TPSA) is 77.2 Å². The van der Waals surface area contributed by atoms with Crippen LogP contribution in [0.25, 0.3) is 0 Å². The Hall–Kier alpha value is -1.73. The molecule has 0 bridgehead atoms. The minimum absolute atomic E-state index is 0.00358. The Bertz CT molecular complexity index is 529. The van der Waals surface area contributed by atoms with Crippen LogP contribution in [0, 0.1) is 0 Å². The van der Waals surface area contributed by atoms with Crippen molar-refractivity contribution >= 4 is 6.09 Å². The summed E-state index contributed by atoms with van der Waals surface area (Å²) in [6, 6.07) is 0. The average molecular weight is 303 g/mol. The van der Waals surface area contributed by atoms with Crippen molar-refractivity contribution in [1.29, 1.82) is 0 Å². The molecule has 0 atom stereocenters. The largest absolute Gasteiger partial charge is 0.444 e. The number of aromatic nitrogens is 2. The van der Waals surface area contributed by atoms with Crippen LogP contribution in [0.2, 0.25) is 0 Å². The fourth-order valence-electron chi connectivity index (χ4n) is 2.22. The molecule has 0 aliphatic heterocycles. The summed E-state index contributed by atoms with van der Waals surface area (Å²) in [5.41, 5.74) is -2.08. The van der Waals surface area contributed by atoms with Gasteiger partial charge in [-0.05, 0) is 20.8 Å². The molecule has 1 amide bonds. The molecular weight excluding hydrogens is 284 g/mol. The summed E-state index contributed by atoms with van der Waals surface area (Å²) < 4.78 is 36.8. The molecule has 1 aliphatic rings. The van der Waals surface area contributed by atoms with Crippen molar-refractivity contribution < 1.29 is 22.8 Å². The van der Waals surface area contributed by atoms with Crippen LogP contribution >= 0.6 is 0 Å². The van der Waals surface area contributed by atoms with Crippen molar-refractivity contribution in [2.75, 3.05) is 0 Å². The maximum atomic E-state index is 13.3. The van der Waals surface area contributed by atoms with E-state index in [-0.39, 0.29) is 5.89 Å². The van der Waals surface area contributed by atoms with E-state index in [9.17, 15) is 13.6 Å². The zero-order valence-corrected chi connectivity index (χ0v) is 12.5. The van der Waals surface area contributed by atoms with E-state index >= 15 is 0 Å². The van der Waals surface area contributed by atoms with Gasteiger partial charge >= 0.3 is 6.09 Å². The Morgan fingerprint density at radius 1 is 1.43 bits per heavy atom. The summed E-state index contributed by atoms with van der Waals surface area (Å²) in [4.78, 5) is 15.9. The highest BCUT2D eigenvalue weighted by atomic mass is 19.3. The van der Waals surface area contributed by atoms with Crippen molar-refractivity contribution in [2.45, 2.75) is 64.0 Å². The van der Waals surface area contributed by atoms with Gasteiger partial charge in [0.15, 0.2) is 5.82 Å². The second kappa shape index (κ2) is 4.92. The third-order valence-electron chi connectivity index (χ3n) is 3.05. The van der Waals surface area contributed by atoms with Crippen LogP contribution in [-0.2, 0) is 16.7 Å². The van der Waals surface area contributed by atoms with Crippen LogP contribution in [-0.4, -0.2) is 27.8 Å². The van der Waals surface area contributed by atoms with E-state index in [1.165, 1.54) is 0 Å². The van der Waals surface area contributed by atoms with E-state index in [1.54, 1.807) is 20.8 Å². The Balaban J connectivity index is 2.17. The third kappa shape index (κ3) is 3.48. The molecule has 1 aromatic rings. The van der Waals surface area contributed by atoms with Crippen molar-refractivity contribution in [3.8, 4) is 0 Å². The van der Waals surface area contributed by atoms with Gasteiger partial charge in [-0.3, -0.25) is 0 Å². The van der Waals surface area contributed by atoms with Crippen LogP contribution in [0.4, 0.5) is 13.6 Å². The fraction of sp³-hybridized carbons (Fsp3) is 0.769. The van der Waals surface area contributed by atoms with Gasteiger partial charge in [0.1, 0.15) is 11.1 Å².